The Morgan fingerprint density at radius 3 is 2.21 bits per heavy atom. The normalized spacial score (nSPS) is 12.7. The molecule has 0 radical (unpaired) electrons. The van der Waals surface area contributed by atoms with E-state index < -0.39 is 35.6 Å². The van der Waals surface area contributed by atoms with Gasteiger partial charge in [0.2, 0.25) is 5.91 Å². The van der Waals surface area contributed by atoms with Gasteiger partial charge in [0.25, 0.3) is 5.91 Å². The first kappa shape index (κ1) is 28.2. The molecule has 8 heteroatoms. The number of amides is 3. The molecule has 0 heterocycles. The van der Waals surface area contributed by atoms with E-state index in [0.717, 1.165) is 21.9 Å². The zero-order valence-electron chi connectivity index (χ0n) is 22.7. The van der Waals surface area contributed by atoms with Crippen LogP contribution >= 0.6 is 0 Å². The number of ether oxygens (including phenoxy) is 1. The van der Waals surface area contributed by atoms with Crippen LogP contribution in [0.15, 0.2) is 60.7 Å². The Bertz CT molecular complexity index is 1370. The van der Waals surface area contributed by atoms with Crippen LogP contribution in [-0.4, -0.2) is 41.0 Å². The standard InChI is InChI=1S/C30H34N4O4/c1-19-10-9-11-20(2)25(19)26(27(35)33-24-15-14-22-12-7-8-13-23(22)18-24)34(17-16-31)28(36)21(3)32-29(37)38-30(4,5)6/h7-15,18,21,26H,17H2,1-6H3,(H,32,37)(H,33,35). The average molecular weight is 515 g/mol. The number of rotatable bonds is 7. The first-order chi connectivity index (χ1) is 17.9. The summed E-state index contributed by atoms with van der Waals surface area (Å²) in [5.74, 6) is -1.05. The van der Waals surface area contributed by atoms with Crippen molar-refractivity contribution >= 4 is 34.4 Å². The molecule has 38 heavy (non-hydrogen) atoms. The summed E-state index contributed by atoms with van der Waals surface area (Å²) in [5, 5.41) is 17.1. The third kappa shape index (κ3) is 6.88. The molecule has 0 aromatic heterocycles. The van der Waals surface area contributed by atoms with Crippen LogP contribution in [0.3, 0.4) is 0 Å². The topological polar surface area (TPSA) is 112 Å². The Morgan fingerprint density at radius 1 is 0.974 bits per heavy atom. The molecule has 0 saturated heterocycles. The Morgan fingerprint density at radius 2 is 1.61 bits per heavy atom. The highest BCUT2D eigenvalue weighted by molar-refractivity contribution is 6.00. The van der Waals surface area contributed by atoms with Crippen LogP contribution in [0.1, 0.15) is 50.4 Å². The molecule has 3 aromatic rings. The van der Waals surface area contributed by atoms with Gasteiger partial charge in [-0.05, 0) is 81.1 Å². The van der Waals surface area contributed by atoms with Crippen molar-refractivity contribution in [1.82, 2.24) is 10.2 Å². The van der Waals surface area contributed by atoms with Crippen molar-refractivity contribution in [2.75, 3.05) is 11.9 Å². The van der Waals surface area contributed by atoms with Crippen LogP contribution in [0.2, 0.25) is 0 Å². The summed E-state index contributed by atoms with van der Waals surface area (Å²) < 4.78 is 5.28. The fourth-order valence-corrected chi connectivity index (χ4v) is 4.33. The molecular weight excluding hydrogens is 480 g/mol. The largest absolute Gasteiger partial charge is 0.444 e. The third-order valence-electron chi connectivity index (χ3n) is 6.02. The molecule has 3 aromatic carbocycles. The number of benzene rings is 3. The molecule has 198 valence electrons. The van der Waals surface area contributed by atoms with Crippen LogP contribution in [0.25, 0.3) is 10.8 Å². The second-order valence-corrected chi connectivity index (χ2v) is 10.3. The van der Waals surface area contributed by atoms with Crippen molar-refractivity contribution in [2.45, 2.75) is 59.2 Å². The minimum Gasteiger partial charge on any atom is -0.444 e. The van der Waals surface area contributed by atoms with Gasteiger partial charge in [0.1, 0.15) is 24.2 Å². The van der Waals surface area contributed by atoms with Crippen LogP contribution in [0.5, 0.6) is 0 Å². The zero-order valence-corrected chi connectivity index (χ0v) is 22.7. The van der Waals surface area contributed by atoms with Crippen LogP contribution in [-0.2, 0) is 14.3 Å². The molecule has 0 aliphatic carbocycles. The van der Waals surface area contributed by atoms with Crippen LogP contribution in [0.4, 0.5) is 10.5 Å². The van der Waals surface area contributed by atoms with E-state index in [-0.39, 0.29) is 6.54 Å². The number of nitriles is 1. The molecule has 0 spiro atoms. The van der Waals surface area contributed by atoms with E-state index in [1.165, 1.54) is 11.8 Å². The highest BCUT2D eigenvalue weighted by atomic mass is 16.6. The second-order valence-electron chi connectivity index (χ2n) is 10.3. The lowest BCUT2D eigenvalue weighted by Gasteiger charge is -2.33. The number of hydrogen-bond acceptors (Lipinski definition) is 5. The molecule has 0 fully saturated rings. The molecule has 3 amide bonds. The van der Waals surface area contributed by atoms with Crippen molar-refractivity contribution < 1.29 is 19.1 Å². The number of nitrogens with one attached hydrogen (secondary N) is 2. The average Bonchev–Trinajstić information content (AvgIpc) is 2.83. The van der Waals surface area contributed by atoms with E-state index >= 15 is 0 Å². The maximum Gasteiger partial charge on any atom is 0.408 e. The lowest BCUT2D eigenvalue weighted by molar-refractivity contribution is -0.139. The van der Waals surface area contributed by atoms with Gasteiger partial charge in [0, 0.05) is 5.69 Å². The van der Waals surface area contributed by atoms with Gasteiger partial charge in [-0.3, -0.25) is 9.59 Å². The lowest BCUT2D eigenvalue weighted by atomic mass is 9.93. The Hall–Kier alpha value is -4.38. The Balaban J connectivity index is 1.99. The molecule has 2 N–H and O–H groups in total. The minimum absolute atomic E-state index is 0.358. The Kier molecular flexibility index (Phi) is 8.74. The van der Waals surface area contributed by atoms with Gasteiger partial charge < -0.3 is 20.3 Å². The number of fused-ring (bicyclic) bond motifs is 1. The summed E-state index contributed by atoms with van der Waals surface area (Å²) in [6.07, 6.45) is -0.764. The van der Waals surface area contributed by atoms with E-state index in [2.05, 4.69) is 10.6 Å². The van der Waals surface area contributed by atoms with Crippen molar-refractivity contribution in [1.29, 1.82) is 5.26 Å². The molecule has 0 bridgehead atoms. The highest BCUT2D eigenvalue weighted by Gasteiger charge is 2.36. The molecule has 2 unspecified atom stereocenters. The summed E-state index contributed by atoms with van der Waals surface area (Å²) in [5.41, 5.74) is 2.03. The van der Waals surface area contributed by atoms with Gasteiger partial charge in [0.15, 0.2) is 0 Å². The molecule has 8 nitrogen and oxygen atoms in total. The number of alkyl carbamates (subject to hydrolysis) is 1. The van der Waals surface area contributed by atoms with E-state index in [9.17, 15) is 19.6 Å². The monoisotopic (exact) mass is 514 g/mol. The van der Waals surface area contributed by atoms with Crippen molar-refractivity contribution in [3.63, 3.8) is 0 Å². The Labute approximate surface area is 223 Å². The van der Waals surface area contributed by atoms with E-state index in [4.69, 9.17) is 4.74 Å². The molecular formula is C30H34N4O4. The maximum absolute atomic E-state index is 13.9. The molecule has 0 saturated carbocycles. The fraction of sp³-hybridized carbons (Fsp3) is 0.333. The quantitative estimate of drug-likeness (QED) is 0.410. The van der Waals surface area contributed by atoms with Gasteiger partial charge in [-0.1, -0.05) is 48.5 Å². The molecule has 0 aliphatic rings. The zero-order chi connectivity index (χ0) is 28.0. The number of carbonyl (C=O) groups excluding carboxylic acids is 3. The molecule has 2 atom stereocenters. The van der Waals surface area contributed by atoms with Gasteiger partial charge in [-0.2, -0.15) is 5.26 Å². The number of hydrogen-bond donors (Lipinski definition) is 2. The predicted octanol–water partition coefficient (Wildman–Crippen LogP) is 5.40. The first-order valence-corrected chi connectivity index (χ1v) is 12.4. The second kappa shape index (κ2) is 11.8. The van der Waals surface area contributed by atoms with E-state index in [0.29, 0.717) is 11.3 Å². The number of nitrogens with zero attached hydrogens (tertiary/aromatic N) is 2. The molecule has 0 aliphatic heterocycles. The van der Waals surface area contributed by atoms with Crippen molar-refractivity contribution in [2.24, 2.45) is 0 Å². The van der Waals surface area contributed by atoms with Gasteiger partial charge in [-0.15, -0.1) is 0 Å². The van der Waals surface area contributed by atoms with E-state index in [1.54, 1.807) is 26.8 Å². The summed E-state index contributed by atoms with van der Waals surface area (Å²) in [4.78, 5) is 41.0. The van der Waals surface area contributed by atoms with Crippen molar-refractivity contribution in [3.05, 3.63) is 77.4 Å². The first-order valence-electron chi connectivity index (χ1n) is 12.4. The summed E-state index contributed by atoms with van der Waals surface area (Å²) >= 11 is 0. The predicted molar refractivity (Wildman–Crippen MR) is 147 cm³/mol. The van der Waals surface area contributed by atoms with E-state index in [1.807, 2.05) is 74.5 Å². The van der Waals surface area contributed by atoms with Gasteiger partial charge >= 0.3 is 6.09 Å². The third-order valence-corrected chi connectivity index (χ3v) is 6.02. The fourth-order valence-electron chi connectivity index (χ4n) is 4.33. The van der Waals surface area contributed by atoms with Crippen molar-refractivity contribution in [3.8, 4) is 6.07 Å². The van der Waals surface area contributed by atoms with Crippen LogP contribution < -0.4 is 10.6 Å². The highest BCUT2D eigenvalue weighted by Crippen LogP contribution is 2.30. The lowest BCUT2D eigenvalue weighted by Crippen LogP contribution is -2.51. The summed E-state index contributed by atoms with van der Waals surface area (Å²) in [6.45, 7) is 10.0. The maximum atomic E-state index is 13.9. The van der Waals surface area contributed by atoms with Gasteiger partial charge in [-0.25, -0.2) is 4.79 Å². The SMILES string of the molecule is Cc1cccc(C)c1C(C(=O)Nc1ccc2ccccc2c1)N(CC#N)C(=O)C(C)NC(=O)OC(C)(C)C. The molecule has 3 rings (SSSR count). The number of carbonyl (C=O) groups is 3. The van der Waals surface area contributed by atoms with Crippen LogP contribution in [0, 0.1) is 25.2 Å². The number of anilines is 1. The summed E-state index contributed by atoms with van der Waals surface area (Å²) in [6, 6.07) is 18.8. The minimum atomic E-state index is -1.11. The van der Waals surface area contributed by atoms with Gasteiger partial charge in [0.05, 0.1) is 6.07 Å². The smallest absolute Gasteiger partial charge is 0.408 e. The number of aryl methyl sites for hydroxylation is 2. The summed E-state index contributed by atoms with van der Waals surface area (Å²) in [7, 11) is 0.